The van der Waals surface area contributed by atoms with Gasteiger partial charge in [0.25, 0.3) is 0 Å². The van der Waals surface area contributed by atoms with Crippen LogP contribution in [0.1, 0.15) is 5.56 Å². The van der Waals surface area contributed by atoms with Crippen LogP contribution < -0.4 is 5.32 Å². The molecular weight excluding hydrogens is 205 g/mol. The Kier molecular flexibility index (Phi) is 3.43. The number of anilines is 1. The second kappa shape index (κ2) is 5.21. The third-order valence-corrected chi connectivity index (χ3v) is 2.17. The van der Waals surface area contributed by atoms with E-state index < -0.39 is 0 Å². The highest BCUT2D eigenvalue weighted by atomic mass is 19.1. The van der Waals surface area contributed by atoms with E-state index in [1.54, 1.807) is 12.3 Å². The van der Waals surface area contributed by atoms with Crippen LogP contribution in [-0.4, -0.2) is 16.5 Å². The molecule has 0 bridgehead atoms. The zero-order chi connectivity index (χ0) is 11.2. The van der Waals surface area contributed by atoms with Gasteiger partial charge in [-0.15, -0.1) is 0 Å². The van der Waals surface area contributed by atoms with Crippen LogP contribution >= 0.6 is 0 Å². The average Bonchev–Trinajstić information content (AvgIpc) is 2.33. The molecule has 0 unspecified atom stereocenters. The van der Waals surface area contributed by atoms with Gasteiger partial charge in [0.05, 0.1) is 6.20 Å². The molecule has 2 aromatic heterocycles. The first-order valence-corrected chi connectivity index (χ1v) is 5.09. The predicted octanol–water partition coefficient (Wildman–Crippen LogP) is 2.27. The molecule has 0 fully saturated rings. The first-order chi connectivity index (χ1) is 7.84. The van der Waals surface area contributed by atoms with Gasteiger partial charge in [0, 0.05) is 18.9 Å². The standard InChI is InChI=1S/C12H12FN3/c13-11-3-4-12(16-9-11)15-7-5-10-2-1-6-14-8-10/h1-4,6,8-9H,5,7H2,(H,15,16). The minimum atomic E-state index is -0.321. The summed E-state index contributed by atoms with van der Waals surface area (Å²) in [7, 11) is 0. The zero-order valence-electron chi connectivity index (χ0n) is 8.73. The van der Waals surface area contributed by atoms with Gasteiger partial charge in [0.2, 0.25) is 0 Å². The molecule has 2 aromatic rings. The third-order valence-electron chi connectivity index (χ3n) is 2.17. The lowest BCUT2D eigenvalue weighted by atomic mass is 10.2. The molecule has 0 saturated carbocycles. The largest absolute Gasteiger partial charge is 0.370 e. The van der Waals surface area contributed by atoms with Crippen molar-refractivity contribution < 1.29 is 4.39 Å². The maximum Gasteiger partial charge on any atom is 0.141 e. The lowest BCUT2D eigenvalue weighted by Gasteiger charge is -2.04. The van der Waals surface area contributed by atoms with Gasteiger partial charge in [0.15, 0.2) is 0 Å². The van der Waals surface area contributed by atoms with E-state index in [0.29, 0.717) is 5.82 Å². The molecule has 82 valence electrons. The van der Waals surface area contributed by atoms with Crippen molar-refractivity contribution in [1.29, 1.82) is 0 Å². The predicted molar refractivity (Wildman–Crippen MR) is 60.6 cm³/mol. The van der Waals surface area contributed by atoms with Gasteiger partial charge >= 0.3 is 0 Å². The van der Waals surface area contributed by atoms with Gasteiger partial charge in [-0.1, -0.05) is 6.07 Å². The van der Waals surface area contributed by atoms with Crippen LogP contribution in [0.15, 0.2) is 42.9 Å². The fourth-order valence-corrected chi connectivity index (χ4v) is 1.36. The van der Waals surface area contributed by atoms with Crippen molar-refractivity contribution in [3.63, 3.8) is 0 Å². The van der Waals surface area contributed by atoms with Crippen molar-refractivity contribution in [2.75, 3.05) is 11.9 Å². The van der Waals surface area contributed by atoms with E-state index >= 15 is 0 Å². The smallest absolute Gasteiger partial charge is 0.141 e. The lowest BCUT2D eigenvalue weighted by Crippen LogP contribution is -2.06. The summed E-state index contributed by atoms with van der Waals surface area (Å²) in [6.45, 7) is 0.754. The van der Waals surface area contributed by atoms with Gasteiger partial charge in [0.1, 0.15) is 11.6 Å². The molecule has 0 spiro atoms. The van der Waals surface area contributed by atoms with Crippen LogP contribution in [0.4, 0.5) is 10.2 Å². The third kappa shape index (κ3) is 3.02. The summed E-state index contributed by atoms with van der Waals surface area (Å²) in [4.78, 5) is 7.94. The maximum atomic E-state index is 12.6. The molecule has 0 aliphatic rings. The molecule has 0 radical (unpaired) electrons. The van der Waals surface area contributed by atoms with E-state index in [0.717, 1.165) is 18.5 Å². The van der Waals surface area contributed by atoms with E-state index in [4.69, 9.17) is 0 Å². The Morgan fingerprint density at radius 1 is 1.19 bits per heavy atom. The second-order valence-electron chi connectivity index (χ2n) is 3.40. The molecule has 4 heteroatoms. The zero-order valence-corrected chi connectivity index (χ0v) is 8.73. The Morgan fingerprint density at radius 2 is 2.12 bits per heavy atom. The minimum Gasteiger partial charge on any atom is -0.370 e. The summed E-state index contributed by atoms with van der Waals surface area (Å²) in [5, 5.41) is 3.11. The number of aromatic nitrogens is 2. The number of rotatable bonds is 4. The van der Waals surface area contributed by atoms with Crippen LogP contribution in [0.2, 0.25) is 0 Å². The van der Waals surface area contributed by atoms with Gasteiger partial charge in [-0.05, 0) is 30.2 Å². The SMILES string of the molecule is Fc1ccc(NCCc2cccnc2)nc1. The molecule has 3 nitrogen and oxygen atoms in total. The number of nitrogens with one attached hydrogen (secondary N) is 1. The molecule has 16 heavy (non-hydrogen) atoms. The van der Waals surface area contributed by atoms with Crippen LogP contribution in [0.3, 0.4) is 0 Å². The second-order valence-corrected chi connectivity index (χ2v) is 3.40. The number of halogens is 1. The van der Waals surface area contributed by atoms with Crippen LogP contribution in [0, 0.1) is 5.82 Å². The fraction of sp³-hybridized carbons (Fsp3) is 0.167. The molecule has 0 aliphatic heterocycles. The van der Waals surface area contributed by atoms with E-state index in [9.17, 15) is 4.39 Å². The first kappa shape index (κ1) is 10.5. The highest BCUT2D eigenvalue weighted by Crippen LogP contribution is 2.04. The topological polar surface area (TPSA) is 37.8 Å². The highest BCUT2D eigenvalue weighted by molar-refractivity contribution is 5.33. The van der Waals surface area contributed by atoms with Crippen molar-refractivity contribution in [3.8, 4) is 0 Å². The summed E-state index contributed by atoms with van der Waals surface area (Å²) >= 11 is 0. The van der Waals surface area contributed by atoms with Crippen molar-refractivity contribution in [2.24, 2.45) is 0 Å². The van der Waals surface area contributed by atoms with Gasteiger partial charge in [-0.3, -0.25) is 4.98 Å². The van der Waals surface area contributed by atoms with E-state index in [1.165, 1.54) is 12.3 Å². The number of nitrogens with zero attached hydrogens (tertiary/aromatic N) is 2. The van der Waals surface area contributed by atoms with Crippen molar-refractivity contribution in [1.82, 2.24) is 9.97 Å². The van der Waals surface area contributed by atoms with E-state index in [-0.39, 0.29) is 5.82 Å². The summed E-state index contributed by atoms with van der Waals surface area (Å²) in [6, 6.07) is 6.94. The molecule has 2 heterocycles. The van der Waals surface area contributed by atoms with Gasteiger partial charge in [-0.2, -0.15) is 0 Å². The Morgan fingerprint density at radius 3 is 2.81 bits per heavy atom. The van der Waals surface area contributed by atoms with Crippen LogP contribution in [-0.2, 0) is 6.42 Å². The minimum absolute atomic E-state index is 0.321. The lowest BCUT2D eigenvalue weighted by molar-refractivity contribution is 0.621. The Hall–Kier alpha value is -1.97. The van der Waals surface area contributed by atoms with Gasteiger partial charge < -0.3 is 5.32 Å². The van der Waals surface area contributed by atoms with E-state index in [2.05, 4.69) is 15.3 Å². The summed E-state index contributed by atoms with van der Waals surface area (Å²) in [6.07, 6.45) is 5.65. The molecule has 0 aromatic carbocycles. The van der Waals surface area contributed by atoms with Gasteiger partial charge in [-0.25, -0.2) is 9.37 Å². The highest BCUT2D eigenvalue weighted by Gasteiger charge is 1.95. The number of hydrogen-bond acceptors (Lipinski definition) is 3. The van der Waals surface area contributed by atoms with E-state index in [1.807, 2.05) is 18.3 Å². The maximum absolute atomic E-state index is 12.6. The molecule has 0 amide bonds. The quantitative estimate of drug-likeness (QED) is 0.853. The number of pyridine rings is 2. The summed E-state index contributed by atoms with van der Waals surface area (Å²) in [5.41, 5.74) is 1.16. The molecule has 1 N–H and O–H groups in total. The molecule has 2 rings (SSSR count). The Bertz CT molecular complexity index is 428. The summed E-state index contributed by atoms with van der Waals surface area (Å²) < 4.78 is 12.6. The normalized spacial score (nSPS) is 10.1. The molecule has 0 saturated heterocycles. The molecule has 0 atom stereocenters. The first-order valence-electron chi connectivity index (χ1n) is 5.09. The van der Waals surface area contributed by atoms with Crippen LogP contribution in [0.5, 0.6) is 0 Å². The average molecular weight is 217 g/mol. The fourth-order valence-electron chi connectivity index (χ4n) is 1.36. The van der Waals surface area contributed by atoms with Crippen molar-refractivity contribution in [3.05, 3.63) is 54.2 Å². The van der Waals surface area contributed by atoms with Crippen molar-refractivity contribution in [2.45, 2.75) is 6.42 Å². The Balaban J connectivity index is 1.82. The number of hydrogen-bond donors (Lipinski definition) is 1. The summed E-state index contributed by atoms with van der Waals surface area (Å²) in [5.74, 6) is 0.364. The molecular formula is C12H12FN3. The monoisotopic (exact) mass is 217 g/mol. The molecule has 0 aliphatic carbocycles. The van der Waals surface area contributed by atoms with Crippen molar-refractivity contribution >= 4 is 5.82 Å². The van der Waals surface area contributed by atoms with Crippen LogP contribution in [0.25, 0.3) is 0 Å². The Labute approximate surface area is 93.4 Å².